The van der Waals surface area contributed by atoms with E-state index in [2.05, 4.69) is 52.9 Å². The average Bonchev–Trinajstić information content (AvgIpc) is 3.39. The molecule has 9 nitrogen and oxygen atoms in total. The molecular weight excluding hydrogens is 536 g/mol. The van der Waals surface area contributed by atoms with Crippen molar-refractivity contribution in [1.29, 1.82) is 0 Å². The fourth-order valence-electron chi connectivity index (χ4n) is 6.48. The number of benzene rings is 2. The van der Waals surface area contributed by atoms with Crippen LogP contribution >= 0.6 is 0 Å². The predicted octanol–water partition coefficient (Wildman–Crippen LogP) is 5.38. The summed E-state index contributed by atoms with van der Waals surface area (Å²) >= 11 is 0. The van der Waals surface area contributed by atoms with E-state index in [9.17, 15) is 8.78 Å². The number of piperazine rings is 1. The number of fused-ring (bicyclic) bond motifs is 2. The summed E-state index contributed by atoms with van der Waals surface area (Å²) in [5, 5.41) is 4.04. The van der Waals surface area contributed by atoms with Crippen LogP contribution in [0.25, 0.3) is 33.1 Å². The minimum absolute atomic E-state index is 0.0553. The molecule has 0 bridgehead atoms. The molecule has 11 heteroatoms. The van der Waals surface area contributed by atoms with Gasteiger partial charge in [-0.25, -0.2) is 19.3 Å². The molecule has 7 rings (SSSR count). The normalized spacial score (nSPS) is 20.4. The van der Waals surface area contributed by atoms with E-state index in [1.54, 1.807) is 0 Å². The molecular formula is C31H33F2N9. The van der Waals surface area contributed by atoms with Gasteiger partial charge in [0.2, 0.25) is 11.9 Å². The highest BCUT2D eigenvalue weighted by Gasteiger charge is 2.30. The fraction of sp³-hybridized carbons (Fsp3) is 0.355. The van der Waals surface area contributed by atoms with Crippen molar-refractivity contribution in [3.8, 4) is 11.1 Å². The van der Waals surface area contributed by atoms with E-state index in [-0.39, 0.29) is 16.9 Å². The minimum atomic E-state index is -0.708. The molecule has 3 aromatic heterocycles. The Bertz CT molecular complexity index is 1740. The van der Waals surface area contributed by atoms with Crippen molar-refractivity contribution in [2.75, 3.05) is 44.3 Å². The minimum Gasteiger partial charge on any atom is -0.383 e. The SMILES string of the molecule is CN1CCN([C@H]2CC[C@H](n3cc(-c4ccc(Nc5nc(F)c6ccc(F)cc6n5)cc4)c4c(N)ncnc43)CC2)CC1. The molecule has 2 fully saturated rings. The molecule has 42 heavy (non-hydrogen) atoms. The number of aromatic nitrogens is 5. The van der Waals surface area contributed by atoms with Crippen LogP contribution in [0.4, 0.5) is 26.2 Å². The van der Waals surface area contributed by atoms with Gasteiger partial charge in [-0.1, -0.05) is 12.1 Å². The lowest BCUT2D eigenvalue weighted by atomic mass is 9.89. The number of halogens is 2. The zero-order valence-corrected chi connectivity index (χ0v) is 23.5. The van der Waals surface area contributed by atoms with Crippen LogP contribution < -0.4 is 11.1 Å². The Hall–Kier alpha value is -4.22. The van der Waals surface area contributed by atoms with Crippen LogP contribution in [0.3, 0.4) is 0 Å². The van der Waals surface area contributed by atoms with E-state index < -0.39 is 11.8 Å². The quantitative estimate of drug-likeness (QED) is 0.272. The van der Waals surface area contributed by atoms with Gasteiger partial charge in [0, 0.05) is 61.8 Å². The monoisotopic (exact) mass is 569 g/mol. The summed E-state index contributed by atoms with van der Waals surface area (Å²) in [5.41, 5.74) is 10.1. The highest BCUT2D eigenvalue weighted by atomic mass is 19.1. The van der Waals surface area contributed by atoms with Crippen molar-refractivity contribution >= 4 is 39.4 Å². The molecule has 0 radical (unpaired) electrons. The first-order chi connectivity index (χ1) is 20.4. The average molecular weight is 570 g/mol. The van der Waals surface area contributed by atoms with Gasteiger partial charge in [-0.2, -0.15) is 9.37 Å². The lowest BCUT2D eigenvalue weighted by molar-refractivity contribution is 0.0828. The molecule has 2 aliphatic rings. The van der Waals surface area contributed by atoms with Crippen LogP contribution in [0.15, 0.2) is 55.0 Å². The first-order valence-corrected chi connectivity index (χ1v) is 14.5. The van der Waals surface area contributed by atoms with Crippen molar-refractivity contribution < 1.29 is 8.78 Å². The largest absolute Gasteiger partial charge is 0.383 e. The zero-order valence-electron chi connectivity index (χ0n) is 23.5. The second-order valence-corrected chi connectivity index (χ2v) is 11.4. The van der Waals surface area contributed by atoms with E-state index in [0.717, 1.165) is 61.2 Å². The Morgan fingerprint density at radius 2 is 1.62 bits per heavy atom. The van der Waals surface area contributed by atoms with Crippen molar-refractivity contribution in [2.24, 2.45) is 0 Å². The number of anilines is 3. The van der Waals surface area contributed by atoms with Gasteiger partial charge in [0.25, 0.3) is 0 Å². The van der Waals surface area contributed by atoms with Crippen LogP contribution in [0.5, 0.6) is 0 Å². The summed E-state index contributed by atoms with van der Waals surface area (Å²) in [4.78, 5) is 22.2. The third-order valence-electron chi connectivity index (χ3n) is 8.82. The van der Waals surface area contributed by atoms with Crippen LogP contribution in [-0.4, -0.2) is 73.6 Å². The van der Waals surface area contributed by atoms with Crippen molar-refractivity contribution in [2.45, 2.75) is 37.8 Å². The number of rotatable bonds is 5. The van der Waals surface area contributed by atoms with E-state index in [4.69, 9.17) is 5.73 Å². The van der Waals surface area contributed by atoms with Crippen LogP contribution in [0, 0.1) is 11.8 Å². The third kappa shape index (κ3) is 5.03. The lowest BCUT2D eigenvalue weighted by Gasteiger charge is -2.41. The Labute approximate surface area is 242 Å². The number of hydrogen-bond acceptors (Lipinski definition) is 8. The Morgan fingerprint density at radius 1 is 0.881 bits per heavy atom. The highest BCUT2D eigenvalue weighted by molar-refractivity contribution is 6.00. The summed E-state index contributed by atoms with van der Waals surface area (Å²) in [6, 6.07) is 12.4. The van der Waals surface area contributed by atoms with Crippen LogP contribution in [-0.2, 0) is 0 Å². The molecule has 5 aromatic rings. The zero-order chi connectivity index (χ0) is 28.8. The van der Waals surface area contributed by atoms with Gasteiger partial charge < -0.3 is 20.5 Å². The molecule has 2 aromatic carbocycles. The molecule has 0 spiro atoms. The Morgan fingerprint density at radius 3 is 2.38 bits per heavy atom. The van der Waals surface area contributed by atoms with Crippen LogP contribution in [0.1, 0.15) is 31.7 Å². The highest BCUT2D eigenvalue weighted by Crippen LogP contribution is 2.39. The number of likely N-dealkylation sites (N-methyl/N-ethyl adjacent to an activating group) is 1. The molecule has 1 saturated heterocycles. The summed E-state index contributed by atoms with van der Waals surface area (Å²) in [6.45, 7) is 4.58. The van der Waals surface area contributed by atoms with E-state index in [1.807, 2.05) is 24.3 Å². The van der Waals surface area contributed by atoms with Gasteiger partial charge in [0.15, 0.2) is 0 Å². The van der Waals surface area contributed by atoms with Crippen molar-refractivity contribution in [3.05, 3.63) is 66.8 Å². The van der Waals surface area contributed by atoms with Crippen LogP contribution in [0.2, 0.25) is 0 Å². The number of nitrogens with two attached hydrogens (primary N) is 1. The van der Waals surface area contributed by atoms with Gasteiger partial charge in [0.05, 0.1) is 16.3 Å². The number of nitrogen functional groups attached to an aromatic ring is 1. The van der Waals surface area contributed by atoms with Gasteiger partial charge in [-0.05, 0) is 62.6 Å². The first-order valence-electron chi connectivity index (χ1n) is 14.5. The molecule has 1 aliphatic carbocycles. The molecule has 4 heterocycles. The maximum Gasteiger partial charge on any atom is 0.230 e. The standard InChI is InChI=1S/C31H33F2N9/c1-40-12-14-41(15-13-40)22-7-9-23(10-8-22)42-17-25(27-29(34)35-18-36-30(27)42)19-2-5-21(6-3-19)37-31-38-26-16-20(32)4-11-24(26)28(33)39-31/h2-6,11,16-18,22-23H,7-10,12-15H2,1H3,(H2,34,35,36)(H,37,38,39)/t22-,23-. The summed E-state index contributed by atoms with van der Waals surface area (Å²) in [7, 11) is 2.20. The molecule has 0 unspecified atom stereocenters. The van der Waals surface area contributed by atoms with Gasteiger partial charge in [-0.15, -0.1) is 0 Å². The van der Waals surface area contributed by atoms with E-state index >= 15 is 0 Å². The molecule has 0 atom stereocenters. The predicted molar refractivity (Wildman–Crippen MR) is 160 cm³/mol. The maximum absolute atomic E-state index is 14.5. The van der Waals surface area contributed by atoms with Crippen molar-refractivity contribution in [1.82, 2.24) is 34.3 Å². The smallest absolute Gasteiger partial charge is 0.230 e. The molecule has 0 amide bonds. The molecule has 1 saturated carbocycles. The van der Waals surface area contributed by atoms with Gasteiger partial charge in [0.1, 0.15) is 23.6 Å². The third-order valence-corrected chi connectivity index (χ3v) is 8.82. The van der Waals surface area contributed by atoms with Gasteiger partial charge >= 0.3 is 0 Å². The van der Waals surface area contributed by atoms with Crippen molar-refractivity contribution in [3.63, 3.8) is 0 Å². The van der Waals surface area contributed by atoms with E-state index in [0.29, 0.717) is 23.6 Å². The Kier molecular flexibility index (Phi) is 6.91. The van der Waals surface area contributed by atoms with E-state index in [1.165, 1.54) is 37.4 Å². The summed E-state index contributed by atoms with van der Waals surface area (Å²) in [6.07, 6.45) is 8.24. The lowest BCUT2D eigenvalue weighted by Crippen LogP contribution is -2.49. The topological polar surface area (TPSA) is 101 Å². The second-order valence-electron chi connectivity index (χ2n) is 11.4. The number of hydrogen-bond donors (Lipinski definition) is 2. The van der Waals surface area contributed by atoms with Gasteiger partial charge in [-0.3, -0.25) is 4.90 Å². The summed E-state index contributed by atoms with van der Waals surface area (Å²) < 4.78 is 30.5. The maximum atomic E-state index is 14.5. The Balaban J connectivity index is 1.13. The molecule has 1 aliphatic heterocycles. The fourth-order valence-corrected chi connectivity index (χ4v) is 6.48. The second kappa shape index (κ2) is 10.9. The molecule has 216 valence electrons. The number of nitrogens with zero attached hydrogens (tertiary/aromatic N) is 7. The first kappa shape index (κ1) is 26.7. The summed E-state index contributed by atoms with van der Waals surface area (Å²) in [5.74, 6) is -0.685. The number of nitrogens with one attached hydrogen (secondary N) is 1. The molecule has 3 N–H and O–H groups in total.